The molecule has 6 nitrogen and oxygen atoms in total. The molecule has 2 aromatic heterocycles. The molecule has 0 radical (unpaired) electrons. The Balaban J connectivity index is 0.000000381. The van der Waals surface area contributed by atoms with Gasteiger partial charge in [0.25, 0.3) is 5.91 Å². The second-order valence-corrected chi connectivity index (χ2v) is 13.9. The number of carbonyl (C=O) groups excluding carboxylic acids is 1. The summed E-state index contributed by atoms with van der Waals surface area (Å²) in [6.07, 6.45) is 15.9. The Morgan fingerprint density at radius 1 is 1.09 bits per heavy atom. The average molecular weight is 651 g/mol. The highest BCUT2D eigenvalue weighted by atomic mass is 19.1. The van der Waals surface area contributed by atoms with Crippen molar-refractivity contribution in [2.45, 2.75) is 139 Å². The fourth-order valence-corrected chi connectivity index (χ4v) is 5.68. The number of halogens is 1. The van der Waals surface area contributed by atoms with Gasteiger partial charge in [0.15, 0.2) is 0 Å². The number of benzene rings is 1. The molecule has 0 spiro atoms. The lowest BCUT2D eigenvalue weighted by molar-refractivity contribution is 0.0505. The van der Waals surface area contributed by atoms with Gasteiger partial charge in [0.05, 0.1) is 29.7 Å². The van der Waals surface area contributed by atoms with Crippen LogP contribution in [0.2, 0.25) is 0 Å². The summed E-state index contributed by atoms with van der Waals surface area (Å²) in [5.74, 6) is 1.34. The predicted molar refractivity (Wildman–Crippen MR) is 195 cm³/mol. The van der Waals surface area contributed by atoms with Crippen molar-refractivity contribution in [3.63, 3.8) is 0 Å². The minimum atomic E-state index is -0.495. The molecule has 1 N–H and O–H groups in total. The summed E-state index contributed by atoms with van der Waals surface area (Å²) < 4.78 is 21.6. The van der Waals surface area contributed by atoms with E-state index in [1.807, 2.05) is 40.3 Å². The molecule has 2 fully saturated rings. The van der Waals surface area contributed by atoms with Crippen molar-refractivity contribution in [1.29, 1.82) is 0 Å². The summed E-state index contributed by atoms with van der Waals surface area (Å²) in [7, 11) is 1.82. The van der Waals surface area contributed by atoms with Crippen LogP contribution in [0.25, 0.3) is 16.8 Å². The van der Waals surface area contributed by atoms with E-state index >= 15 is 0 Å². The lowest BCUT2D eigenvalue weighted by Crippen LogP contribution is -2.26. The lowest BCUT2D eigenvalue weighted by atomic mass is 9.93. The first-order valence-corrected chi connectivity index (χ1v) is 18.0. The summed E-state index contributed by atoms with van der Waals surface area (Å²) in [6, 6.07) is 5.37. The fourth-order valence-electron chi connectivity index (χ4n) is 5.68. The highest BCUT2D eigenvalue weighted by molar-refractivity contribution is 5.96. The van der Waals surface area contributed by atoms with Gasteiger partial charge < -0.3 is 10.1 Å². The van der Waals surface area contributed by atoms with Crippen LogP contribution in [0.5, 0.6) is 0 Å². The quantitative estimate of drug-likeness (QED) is 0.224. The third kappa shape index (κ3) is 11.5. The predicted octanol–water partition coefficient (Wildman–Crippen LogP) is 10.5. The number of pyridine rings is 1. The molecule has 47 heavy (non-hydrogen) atoms. The second-order valence-electron chi connectivity index (χ2n) is 13.9. The van der Waals surface area contributed by atoms with Gasteiger partial charge in [-0.3, -0.25) is 9.78 Å². The number of carbonyl (C=O) groups is 1. The van der Waals surface area contributed by atoms with E-state index in [1.54, 1.807) is 23.1 Å². The van der Waals surface area contributed by atoms with Gasteiger partial charge in [0, 0.05) is 31.1 Å². The molecule has 5 rings (SSSR count). The first-order valence-electron chi connectivity index (χ1n) is 18.0. The van der Waals surface area contributed by atoms with Crippen LogP contribution in [0.3, 0.4) is 0 Å². The Labute approximate surface area is 285 Å². The first-order chi connectivity index (χ1) is 22.4. The summed E-state index contributed by atoms with van der Waals surface area (Å²) >= 11 is 0. The largest absolute Gasteiger partial charge is 0.381 e. The van der Waals surface area contributed by atoms with Crippen LogP contribution >= 0.6 is 0 Å². The van der Waals surface area contributed by atoms with Crippen molar-refractivity contribution in [2.75, 3.05) is 7.11 Å². The summed E-state index contributed by atoms with van der Waals surface area (Å²) in [6.45, 7) is 23.7. The molecule has 2 heterocycles. The van der Waals surface area contributed by atoms with Crippen molar-refractivity contribution in [3.05, 3.63) is 65.5 Å². The molecule has 1 amide bonds. The molecule has 2 saturated carbocycles. The zero-order valence-electron chi connectivity index (χ0n) is 31.4. The highest BCUT2D eigenvalue weighted by Crippen LogP contribution is 2.53. The number of aromatic nitrogens is 3. The van der Waals surface area contributed by atoms with E-state index in [0.29, 0.717) is 17.9 Å². The van der Waals surface area contributed by atoms with Gasteiger partial charge in [-0.15, -0.1) is 0 Å². The van der Waals surface area contributed by atoms with E-state index in [4.69, 9.17) is 4.74 Å². The van der Waals surface area contributed by atoms with E-state index in [9.17, 15) is 9.18 Å². The molecule has 0 aliphatic heterocycles. The van der Waals surface area contributed by atoms with Crippen LogP contribution in [-0.4, -0.2) is 39.9 Å². The molecule has 3 aromatic rings. The van der Waals surface area contributed by atoms with Gasteiger partial charge >= 0.3 is 0 Å². The van der Waals surface area contributed by atoms with Gasteiger partial charge in [0.1, 0.15) is 5.82 Å². The van der Waals surface area contributed by atoms with Crippen LogP contribution < -0.4 is 5.32 Å². The van der Waals surface area contributed by atoms with Crippen LogP contribution in [0, 0.1) is 30.5 Å². The van der Waals surface area contributed by atoms with Crippen LogP contribution in [0.15, 0.2) is 43.0 Å². The molecule has 2 aliphatic rings. The number of aryl methyl sites for hydroxylation is 1. The number of hydrogen-bond acceptors (Lipinski definition) is 4. The van der Waals surface area contributed by atoms with Crippen molar-refractivity contribution >= 4 is 5.91 Å². The molecule has 2 aliphatic carbocycles. The van der Waals surface area contributed by atoms with Crippen molar-refractivity contribution in [3.8, 4) is 16.8 Å². The Kier molecular flexibility index (Phi) is 16.3. The van der Waals surface area contributed by atoms with Gasteiger partial charge in [-0.1, -0.05) is 82.1 Å². The summed E-state index contributed by atoms with van der Waals surface area (Å²) in [5, 5.41) is 7.37. The number of ether oxygens (including phenoxy) is 1. The lowest BCUT2D eigenvalue weighted by Gasteiger charge is -2.21. The minimum absolute atomic E-state index is 0.0783. The molecule has 262 valence electrons. The molecule has 0 bridgehead atoms. The molecule has 4 atom stereocenters. The van der Waals surface area contributed by atoms with E-state index in [1.165, 1.54) is 37.3 Å². The Hall–Kier alpha value is -3.06. The molecule has 4 unspecified atom stereocenters. The topological polar surface area (TPSA) is 69.0 Å². The Morgan fingerprint density at radius 2 is 1.72 bits per heavy atom. The van der Waals surface area contributed by atoms with Crippen LogP contribution in [0.4, 0.5) is 4.39 Å². The first kappa shape index (κ1) is 40.1. The smallest absolute Gasteiger partial charge is 0.254 e. The summed E-state index contributed by atoms with van der Waals surface area (Å²) in [5.41, 5.74) is 4.79. The van der Waals surface area contributed by atoms with E-state index in [0.717, 1.165) is 47.6 Å². The van der Waals surface area contributed by atoms with E-state index < -0.39 is 5.82 Å². The SMILES string of the molecule is CC.CCC.CCC(OC)C(C)CCC(C)C.Cc1cc(F)c(C(=O)NC2CC2)cc1-c1cnn(-c2cncc(C3(C)CC3C)c2)c1. The average Bonchev–Trinajstić information content (AvgIpc) is 3.92. The number of nitrogens with zero attached hydrogens (tertiary/aromatic N) is 3. The number of methoxy groups -OCH3 is 1. The minimum Gasteiger partial charge on any atom is -0.381 e. The number of nitrogens with one attached hydrogen (secondary N) is 1. The molecular formula is C40H63FN4O2. The van der Waals surface area contributed by atoms with Crippen LogP contribution in [-0.2, 0) is 10.2 Å². The van der Waals surface area contributed by atoms with Crippen molar-refractivity contribution in [2.24, 2.45) is 17.8 Å². The molecular weight excluding hydrogens is 587 g/mol. The van der Waals surface area contributed by atoms with E-state index in [2.05, 4.69) is 76.9 Å². The third-order valence-corrected chi connectivity index (χ3v) is 9.21. The number of hydrogen-bond donors (Lipinski definition) is 1. The highest BCUT2D eigenvalue weighted by Gasteiger charge is 2.48. The fraction of sp³-hybridized carbons (Fsp3) is 0.625. The van der Waals surface area contributed by atoms with Crippen molar-refractivity contribution in [1.82, 2.24) is 20.1 Å². The van der Waals surface area contributed by atoms with Gasteiger partial charge in [0.2, 0.25) is 0 Å². The van der Waals surface area contributed by atoms with Gasteiger partial charge in [-0.2, -0.15) is 5.10 Å². The number of amides is 1. The molecule has 1 aromatic carbocycles. The molecule has 7 heteroatoms. The van der Waals surface area contributed by atoms with Crippen molar-refractivity contribution < 1.29 is 13.9 Å². The zero-order chi connectivity index (χ0) is 35.3. The Morgan fingerprint density at radius 3 is 2.26 bits per heavy atom. The van der Waals surface area contributed by atoms with E-state index in [-0.39, 0.29) is 22.9 Å². The van der Waals surface area contributed by atoms with Gasteiger partial charge in [-0.05, 0) is 97.1 Å². The standard InChI is InChI=1S/C24H25FN4O.C11H24O.C3H8.C2H6/c1-14-6-22(25)21(23(30)28-18-4-5-18)8-20(14)16-10-27-29(13-16)19-7-17(11-26-12-19)24(3)9-15(24)2;1-6-11(12-5)10(4)8-7-9(2)3;1-3-2;1-2/h6-8,10-13,15,18H,4-5,9H2,1-3H3,(H,28,30);9-11H,6-8H2,1-5H3;3H2,1-2H3;1-2H3. The normalized spacial score (nSPS) is 19.2. The number of rotatable bonds is 11. The van der Waals surface area contributed by atoms with Crippen LogP contribution in [0.1, 0.15) is 136 Å². The maximum Gasteiger partial charge on any atom is 0.254 e. The second kappa shape index (κ2) is 19.1. The van der Waals surface area contributed by atoms with Gasteiger partial charge in [-0.25, -0.2) is 9.07 Å². The molecule has 0 saturated heterocycles. The maximum atomic E-state index is 14.4. The summed E-state index contributed by atoms with van der Waals surface area (Å²) in [4.78, 5) is 16.8. The third-order valence-electron chi connectivity index (χ3n) is 9.21. The maximum absolute atomic E-state index is 14.4. The monoisotopic (exact) mass is 650 g/mol. The zero-order valence-corrected chi connectivity index (χ0v) is 31.4. The Bertz CT molecular complexity index is 1380.